The van der Waals surface area contributed by atoms with Gasteiger partial charge in [-0.2, -0.15) is 0 Å². The summed E-state index contributed by atoms with van der Waals surface area (Å²) in [7, 11) is -2.87. The van der Waals surface area contributed by atoms with Crippen molar-refractivity contribution >= 4 is 27.5 Å². The van der Waals surface area contributed by atoms with Crippen molar-refractivity contribution in [2.75, 3.05) is 17.3 Å². The molecule has 2 atom stereocenters. The molecule has 0 spiro atoms. The highest BCUT2D eigenvalue weighted by Gasteiger charge is 2.29. The zero-order valence-electron chi connectivity index (χ0n) is 14.6. The Bertz CT molecular complexity index is 656. The summed E-state index contributed by atoms with van der Waals surface area (Å²) in [5.74, 6) is 0.784. The Labute approximate surface area is 149 Å². The van der Waals surface area contributed by atoms with E-state index in [1.54, 1.807) is 0 Å². The molecule has 1 aromatic carbocycles. The fourth-order valence-corrected chi connectivity index (χ4v) is 6.68. The molecule has 4 nitrogen and oxygen atoms in total. The lowest BCUT2D eigenvalue weighted by atomic mass is 9.79. The van der Waals surface area contributed by atoms with Crippen LogP contribution in [0.1, 0.15) is 39.2 Å². The Hall–Kier alpha value is -1.01. The summed E-state index contributed by atoms with van der Waals surface area (Å²) < 4.78 is 22.9. The van der Waals surface area contributed by atoms with Crippen LogP contribution >= 0.6 is 11.8 Å². The van der Waals surface area contributed by atoms with Crippen molar-refractivity contribution < 1.29 is 13.2 Å². The van der Waals surface area contributed by atoms with Gasteiger partial charge in [0.25, 0.3) is 0 Å². The number of hydrogen-bond acceptors (Lipinski definition) is 4. The molecule has 0 saturated carbocycles. The highest BCUT2D eigenvalue weighted by atomic mass is 32.2. The van der Waals surface area contributed by atoms with E-state index >= 15 is 0 Å². The van der Waals surface area contributed by atoms with Crippen LogP contribution in [-0.2, 0) is 20.0 Å². The molecule has 0 aliphatic carbocycles. The molecule has 0 unspecified atom stereocenters. The number of rotatable bonds is 7. The minimum atomic E-state index is -2.87. The van der Waals surface area contributed by atoms with E-state index in [9.17, 15) is 13.2 Å². The van der Waals surface area contributed by atoms with E-state index in [4.69, 9.17) is 0 Å². The third-order valence-corrected chi connectivity index (χ3v) is 7.70. The standard InChI is InChI=1S/C18H27NO3S2/c1-14(11-18(2,3)15-7-5-4-6-8-15)19-17(20)12-23-16-9-10-24(21,22)13-16/h4-8,14,16H,9-13H2,1-3H3,(H,19,20)/t14-,16-/m0/s1. The van der Waals surface area contributed by atoms with E-state index < -0.39 is 9.84 Å². The van der Waals surface area contributed by atoms with Crippen molar-refractivity contribution in [2.45, 2.75) is 50.3 Å². The van der Waals surface area contributed by atoms with Crippen LogP contribution in [-0.4, -0.2) is 42.9 Å². The molecule has 24 heavy (non-hydrogen) atoms. The zero-order chi connectivity index (χ0) is 17.8. The van der Waals surface area contributed by atoms with Crippen LogP contribution < -0.4 is 5.32 Å². The number of carbonyl (C=O) groups excluding carboxylic acids is 1. The number of benzene rings is 1. The number of amides is 1. The first kappa shape index (κ1) is 19.3. The first-order chi connectivity index (χ1) is 11.2. The molecule has 1 aromatic rings. The number of thioether (sulfide) groups is 1. The van der Waals surface area contributed by atoms with Gasteiger partial charge in [0.2, 0.25) is 5.91 Å². The summed E-state index contributed by atoms with van der Waals surface area (Å²) in [6.07, 6.45) is 1.52. The Kier molecular flexibility index (Phi) is 6.37. The minimum Gasteiger partial charge on any atom is -0.353 e. The van der Waals surface area contributed by atoms with Crippen molar-refractivity contribution in [3.63, 3.8) is 0 Å². The molecule has 0 bridgehead atoms. The van der Waals surface area contributed by atoms with Gasteiger partial charge in [-0.25, -0.2) is 8.42 Å². The summed E-state index contributed by atoms with van der Waals surface area (Å²) >= 11 is 1.46. The summed E-state index contributed by atoms with van der Waals surface area (Å²) in [5.41, 5.74) is 1.25. The van der Waals surface area contributed by atoms with Gasteiger partial charge in [-0.15, -0.1) is 11.8 Å². The van der Waals surface area contributed by atoms with E-state index in [2.05, 4.69) is 31.3 Å². The van der Waals surface area contributed by atoms with E-state index in [1.165, 1.54) is 17.3 Å². The third-order valence-electron chi connectivity index (χ3n) is 4.42. The highest BCUT2D eigenvalue weighted by molar-refractivity contribution is 8.02. The van der Waals surface area contributed by atoms with Gasteiger partial charge in [0.15, 0.2) is 9.84 Å². The molecule has 6 heteroatoms. The van der Waals surface area contributed by atoms with Crippen LogP contribution in [0.3, 0.4) is 0 Å². The average molecular weight is 370 g/mol. The summed E-state index contributed by atoms with van der Waals surface area (Å²) in [4.78, 5) is 12.1. The predicted molar refractivity (Wildman–Crippen MR) is 101 cm³/mol. The molecule has 134 valence electrons. The van der Waals surface area contributed by atoms with Crippen LogP contribution in [0.25, 0.3) is 0 Å². The Morgan fingerprint density at radius 2 is 2.00 bits per heavy atom. The fourth-order valence-electron chi connectivity index (χ4n) is 3.23. The second-order valence-corrected chi connectivity index (χ2v) is 10.8. The van der Waals surface area contributed by atoms with Crippen LogP contribution in [0.2, 0.25) is 0 Å². The Balaban J connectivity index is 1.77. The maximum atomic E-state index is 12.1. The summed E-state index contributed by atoms with van der Waals surface area (Å²) in [5, 5.41) is 3.11. The lowest BCUT2D eigenvalue weighted by Crippen LogP contribution is -2.38. The Morgan fingerprint density at radius 3 is 2.58 bits per heavy atom. The van der Waals surface area contributed by atoms with E-state index in [0.29, 0.717) is 12.2 Å². The van der Waals surface area contributed by atoms with Gasteiger partial charge in [-0.3, -0.25) is 4.79 Å². The van der Waals surface area contributed by atoms with Gasteiger partial charge in [-0.1, -0.05) is 44.2 Å². The maximum absolute atomic E-state index is 12.1. The van der Waals surface area contributed by atoms with Crippen molar-refractivity contribution in [3.05, 3.63) is 35.9 Å². The largest absolute Gasteiger partial charge is 0.353 e. The van der Waals surface area contributed by atoms with Crippen LogP contribution in [0.5, 0.6) is 0 Å². The van der Waals surface area contributed by atoms with Gasteiger partial charge in [-0.05, 0) is 30.7 Å². The molecule has 1 aliphatic rings. The molecule has 1 fully saturated rings. The van der Waals surface area contributed by atoms with Crippen LogP contribution in [0, 0.1) is 0 Å². The van der Waals surface area contributed by atoms with Crippen LogP contribution in [0.15, 0.2) is 30.3 Å². The van der Waals surface area contributed by atoms with Gasteiger partial charge >= 0.3 is 0 Å². The molecule has 0 aromatic heterocycles. The summed E-state index contributed by atoms with van der Waals surface area (Å²) in [6, 6.07) is 10.4. The first-order valence-electron chi connectivity index (χ1n) is 8.35. The SMILES string of the molecule is C[C@@H](CC(C)(C)c1ccccc1)NC(=O)CS[C@H]1CCS(=O)(=O)C1. The van der Waals surface area contributed by atoms with Crippen molar-refractivity contribution in [2.24, 2.45) is 0 Å². The lowest BCUT2D eigenvalue weighted by Gasteiger charge is -2.29. The maximum Gasteiger partial charge on any atom is 0.230 e. The average Bonchev–Trinajstić information content (AvgIpc) is 2.85. The molecule has 2 rings (SSSR count). The van der Waals surface area contributed by atoms with E-state index in [-0.39, 0.29) is 34.1 Å². The molecule has 1 amide bonds. The van der Waals surface area contributed by atoms with Gasteiger partial charge in [0.05, 0.1) is 17.3 Å². The van der Waals surface area contributed by atoms with Crippen molar-refractivity contribution in [1.82, 2.24) is 5.32 Å². The molecule has 1 aliphatic heterocycles. The summed E-state index contributed by atoms with van der Waals surface area (Å²) in [6.45, 7) is 6.39. The van der Waals surface area contributed by atoms with Crippen molar-refractivity contribution in [1.29, 1.82) is 0 Å². The molecule has 0 radical (unpaired) electrons. The predicted octanol–water partition coefficient (Wildman–Crippen LogP) is 2.78. The lowest BCUT2D eigenvalue weighted by molar-refractivity contribution is -0.119. The molecule has 1 N–H and O–H groups in total. The zero-order valence-corrected chi connectivity index (χ0v) is 16.3. The minimum absolute atomic E-state index is 0.0133. The van der Waals surface area contributed by atoms with Crippen molar-refractivity contribution in [3.8, 4) is 0 Å². The van der Waals surface area contributed by atoms with Crippen LogP contribution in [0.4, 0.5) is 0 Å². The molecule has 1 heterocycles. The van der Waals surface area contributed by atoms with Gasteiger partial charge in [0.1, 0.15) is 0 Å². The smallest absolute Gasteiger partial charge is 0.230 e. The van der Waals surface area contributed by atoms with E-state index in [1.807, 2.05) is 25.1 Å². The number of nitrogens with one attached hydrogen (secondary N) is 1. The Morgan fingerprint density at radius 1 is 1.33 bits per heavy atom. The number of hydrogen-bond donors (Lipinski definition) is 1. The van der Waals surface area contributed by atoms with Gasteiger partial charge < -0.3 is 5.32 Å². The third kappa shape index (κ3) is 5.81. The molecule has 1 saturated heterocycles. The quantitative estimate of drug-likeness (QED) is 0.803. The fraction of sp³-hybridized carbons (Fsp3) is 0.611. The molecular weight excluding hydrogens is 342 g/mol. The molecular formula is C18H27NO3S2. The highest BCUT2D eigenvalue weighted by Crippen LogP contribution is 2.28. The second-order valence-electron chi connectivity index (χ2n) is 7.26. The second kappa shape index (κ2) is 7.91. The monoisotopic (exact) mass is 369 g/mol. The van der Waals surface area contributed by atoms with Gasteiger partial charge in [0, 0.05) is 11.3 Å². The number of carbonyl (C=O) groups is 1. The topological polar surface area (TPSA) is 63.2 Å². The normalized spacial score (nSPS) is 21.4. The van der Waals surface area contributed by atoms with E-state index in [0.717, 1.165) is 6.42 Å². The first-order valence-corrected chi connectivity index (χ1v) is 11.2. The number of sulfone groups is 1.